The summed E-state index contributed by atoms with van der Waals surface area (Å²) in [5, 5.41) is 16.8. The molecule has 8 heteroatoms. The maximum absolute atomic E-state index is 10.5. The summed E-state index contributed by atoms with van der Waals surface area (Å²) in [6.45, 7) is 0. The van der Waals surface area contributed by atoms with E-state index in [4.69, 9.17) is 15.7 Å². The highest BCUT2D eigenvalue weighted by molar-refractivity contribution is 7.99. The van der Waals surface area contributed by atoms with Gasteiger partial charge in [-0.15, -0.1) is 10.2 Å². The number of hydrogen-bond donors (Lipinski definition) is 2. The van der Waals surface area contributed by atoms with Gasteiger partial charge in [0.15, 0.2) is 5.82 Å². The summed E-state index contributed by atoms with van der Waals surface area (Å²) in [6, 6.07) is 7.22. The molecule has 0 aliphatic heterocycles. The van der Waals surface area contributed by atoms with Gasteiger partial charge in [0.25, 0.3) is 0 Å². The van der Waals surface area contributed by atoms with Gasteiger partial charge in [0.2, 0.25) is 5.16 Å². The second kappa shape index (κ2) is 5.61. The Hall–Kier alpha value is -2.22. The third-order valence-electron chi connectivity index (χ3n) is 2.32. The van der Waals surface area contributed by atoms with E-state index in [0.29, 0.717) is 16.7 Å². The van der Waals surface area contributed by atoms with Crippen molar-refractivity contribution in [3.63, 3.8) is 0 Å². The quantitative estimate of drug-likeness (QED) is 0.618. The van der Waals surface area contributed by atoms with Crippen LogP contribution in [0.5, 0.6) is 5.75 Å². The number of nitrogens with two attached hydrogens (primary N) is 1. The Morgan fingerprint density at radius 1 is 1.53 bits per heavy atom. The van der Waals surface area contributed by atoms with E-state index < -0.39 is 5.97 Å². The van der Waals surface area contributed by atoms with E-state index in [0.717, 1.165) is 17.3 Å². The number of methoxy groups -OCH3 is 1. The number of hydrogen-bond acceptors (Lipinski definition) is 6. The molecule has 0 bridgehead atoms. The van der Waals surface area contributed by atoms with Crippen molar-refractivity contribution in [3.05, 3.63) is 24.3 Å². The van der Waals surface area contributed by atoms with Crippen molar-refractivity contribution in [2.75, 3.05) is 18.7 Å². The zero-order valence-corrected chi connectivity index (χ0v) is 10.9. The molecule has 0 fully saturated rings. The second-order valence-corrected chi connectivity index (χ2v) is 4.53. The number of aromatic nitrogens is 3. The summed E-state index contributed by atoms with van der Waals surface area (Å²) in [5.74, 6) is 5.93. The molecule has 0 atom stereocenters. The highest BCUT2D eigenvalue weighted by Crippen LogP contribution is 2.24. The Balaban J connectivity index is 2.27. The van der Waals surface area contributed by atoms with Crippen LogP contribution < -0.4 is 10.6 Å². The average Bonchev–Trinajstić information content (AvgIpc) is 2.78. The molecule has 19 heavy (non-hydrogen) atoms. The van der Waals surface area contributed by atoms with Gasteiger partial charge < -0.3 is 15.7 Å². The van der Waals surface area contributed by atoms with Gasteiger partial charge >= 0.3 is 5.97 Å². The number of carboxylic acid groups (broad SMARTS) is 1. The fourth-order valence-corrected chi connectivity index (χ4v) is 2.04. The maximum Gasteiger partial charge on any atom is 0.313 e. The first-order chi connectivity index (χ1) is 9.11. The molecule has 1 aromatic heterocycles. The number of nitrogens with zero attached hydrogens (tertiary/aromatic N) is 3. The first-order valence-corrected chi connectivity index (χ1v) is 6.30. The summed E-state index contributed by atoms with van der Waals surface area (Å²) < 4.78 is 6.39. The molecule has 0 spiro atoms. The van der Waals surface area contributed by atoms with E-state index in [9.17, 15) is 4.79 Å². The third-order valence-corrected chi connectivity index (χ3v) is 3.25. The molecule has 0 amide bonds. The number of thioether (sulfide) groups is 1. The molecule has 1 heterocycles. The van der Waals surface area contributed by atoms with Crippen molar-refractivity contribution >= 4 is 17.7 Å². The minimum Gasteiger partial charge on any atom is -0.497 e. The summed E-state index contributed by atoms with van der Waals surface area (Å²) in [7, 11) is 1.57. The summed E-state index contributed by atoms with van der Waals surface area (Å²) in [4.78, 5) is 10.5. The second-order valence-electron chi connectivity index (χ2n) is 3.59. The van der Waals surface area contributed by atoms with Crippen LogP contribution in [-0.2, 0) is 4.79 Å². The van der Waals surface area contributed by atoms with Crippen LogP contribution in [0.25, 0.3) is 11.4 Å². The Kier molecular flexibility index (Phi) is 3.91. The third kappa shape index (κ3) is 2.97. The molecule has 0 unspecified atom stereocenters. The molecule has 2 rings (SSSR count). The van der Waals surface area contributed by atoms with Crippen molar-refractivity contribution < 1.29 is 14.6 Å². The van der Waals surface area contributed by atoms with E-state index in [1.165, 1.54) is 4.68 Å². The van der Waals surface area contributed by atoms with Crippen molar-refractivity contribution in [2.24, 2.45) is 0 Å². The van der Waals surface area contributed by atoms with Gasteiger partial charge in [-0.1, -0.05) is 23.9 Å². The number of benzene rings is 1. The van der Waals surface area contributed by atoms with Gasteiger partial charge in [-0.3, -0.25) is 4.79 Å². The van der Waals surface area contributed by atoms with Gasteiger partial charge in [-0.05, 0) is 12.1 Å². The van der Waals surface area contributed by atoms with Gasteiger partial charge in [0.05, 0.1) is 12.9 Å². The Morgan fingerprint density at radius 3 is 3.00 bits per heavy atom. The highest BCUT2D eigenvalue weighted by atomic mass is 32.2. The lowest BCUT2D eigenvalue weighted by molar-refractivity contribution is -0.133. The maximum atomic E-state index is 10.5. The number of carboxylic acids is 1. The Bertz CT molecular complexity index is 599. The van der Waals surface area contributed by atoms with Crippen LogP contribution in [0.2, 0.25) is 0 Å². The van der Waals surface area contributed by atoms with Crippen molar-refractivity contribution in [1.29, 1.82) is 0 Å². The summed E-state index contributed by atoms with van der Waals surface area (Å²) in [6.07, 6.45) is 0. The van der Waals surface area contributed by atoms with Gasteiger partial charge in [0.1, 0.15) is 5.75 Å². The molecule has 1 aromatic carbocycles. The van der Waals surface area contributed by atoms with Crippen molar-refractivity contribution in [2.45, 2.75) is 5.16 Å². The minimum absolute atomic E-state index is 0.118. The predicted octanol–water partition coefficient (Wildman–Crippen LogP) is 0.844. The number of carbonyl (C=O) groups is 1. The van der Waals surface area contributed by atoms with Crippen LogP contribution in [0.4, 0.5) is 0 Å². The van der Waals surface area contributed by atoms with Crippen LogP contribution in [0.1, 0.15) is 0 Å². The van der Waals surface area contributed by atoms with Gasteiger partial charge in [-0.2, -0.15) is 0 Å². The standard InChI is InChI=1S/C11H12N4O3S/c1-18-8-4-2-3-7(5-8)10-13-14-11(15(10)12)19-6-9(16)17/h2-5H,6,12H2,1H3,(H,16,17). The monoisotopic (exact) mass is 280 g/mol. The molecule has 0 saturated heterocycles. The zero-order chi connectivity index (χ0) is 13.8. The van der Waals surface area contributed by atoms with Crippen molar-refractivity contribution in [1.82, 2.24) is 14.9 Å². The fourth-order valence-electron chi connectivity index (χ4n) is 1.46. The lowest BCUT2D eigenvalue weighted by Gasteiger charge is -2.04. The topological polar surface area (TPSA) is 103 Å². The van der Waals surface area contributed by atoms with Crippen LogP contribution in [0.3, 0.4) is 0 Å². The molecule has 2 aromatic rings. The molecule has 7 nitrogen and oxygen atoms in total. The molecule has 0 aliphatic rings. The SMILES string of the molecule is COc1cccc(-c2nnc(SCC(=O)O)n2N)c1. The highest BCUT2D eigenvalue weighted by Gasteiger charge is 2.13. The molecular weight excluding hydrogens is 268 g/mol. The molecular formula is C11H12N4O3S. The number of nitrogen functional groups attached to an aromatic ring is 1. The Morgan fingerprint density at radius 2 is 2.32 bits per heavy atom. The van der Waals surface area contributed by atoms with Crippen LogP contribution in [0, 0.1) is 0 Å². The molecule has 0 aliphatic carbocycles. The number of ether oxygens (including phenoxy) is 1. The summed E-state index contributed by atoms with van der Waals surface area (Å²) in [5.41, 5.74) is 0.747. The van der Waals surface area contributed by atoms with E-state index in [-0.39, 0.29) is 5.75 Å². The first-order valence-electron chi connectivity index (χ1n) is 5.31. The fraction of sp³-hybridized carbons (Fsp3) is 0.182. The molecule has 0 radical (unpaired) electrons. The van der Waals surface area contributed by atoms with Crippen molar-refractivity contribution in [3.8, 4) is 17.1 Å². The van der Waals surface area contributed by atoms with Gasteiger partial charge in [0, 0.05) is 5.56 Å². The van der Waals surface area contributed by atoms with E-state index >= 15 is 0 Å². The average molecular weight is 280 g/mol. The lowest BCUT2D eigenvalue weighted by Crippen LogP contribution is -2.12. The van der Waals surface area contributed by atoms with E-state index in [2.05, 4.69) is 10.2 Å². The number of aliphatic carboxylic acids is 1. The van der Waals surface area contributed by atoms with E-state index in [1.54, 1.807) is 19.2 Å². The largest absolute Gasteiger partial charge is 0.497 e. The van der Waals surface area contributed by atoms with Crippen LogP contribution >= 0.6 is 11.8 Å². The first kappa shape index (κ1) is 13.2. The van der Waals surface area contributed by atoms with Gasteiger partial charge in [-0.25, -0.2) is 4.68 Å². The minimum atomic E-state index is -0.934. The molecule has 3 N–H and O–H groups in total. The van der Waals surface area contributed by atoms with Crippen LogP contribution in [0.15, 0.2) is 29.4 Å². The molecule has 0 saturated carbocycles. The lowest BCUT2D eigenvalue weighted by atomic mass is 10.2. The van der Waals surface area contributed by atoms with E-state index in [1.807, 2.05) is 12.1 Å². The van der Waals surface area contributed by atoms with Crippen LogP contribution in [-0.4, -0.2) is 38.8 Å². The predicted molar refractivity (Wildman–Crippen MR) is 70.5 cm³/mol. The number of rotatable bonds is 5. The molecule has 100 valence electrons. The smallest absolute Gasteiger partial charge is 0.313 e. The summed E-state index contributed by atoms with van der Waals surface area (Å²) >= 11 is 1.01. The zero-order valence-electron chi connectivity index (χ0n) is 10.1. The Labute approximate surface area is 113 Å². The normalized spacial score (nSPS) is 10.4.